The SMILES string of the molecule is Cc1noc(C)c1CN1CC[C@@H]2O[C@H](COCC3CC3)CC[C@@H]21. The summed E-state index contributed by atoms with van der Waals surface area (Å²) in [6.07, 6.45) is 6.84. The molecule has 0 bridgehead atoms. The number of ether oxygens (including phenoxy) is 2. The zero-order valence-electron chi connectivity index (χ0n) is 14.3. The Bertz CT molecular complexity index is 521. The molecule has 5 heteroatoms. The zero-order valence-corrected chi connectivity index (χ0v) is 14.3. The fourth-order valence-electron chi connectivity index (χ4n) is 3.99. The average molecular weight is 320 g/mol. The predicted octanol–water partition coefficient (Wildman–Crippen LogP) is 2.84. The second kappa shape index (κ2) is 6.54. The van der Waals surface area contributed by atoms with E-state index >= 15 is 0 Å². The summed E-state index contributed by atoms with van der Waals surface area (Å²) in [4.78, 5) is 2.55. The molecule has 1 aromatic rings. The van der Waals surface area contributed by atoms with E-state index in [2.05, 4.69) is 10.1 Å². The van der Waals surface area contributed by atoms with Gasteiger partial charge in [-0.25, -0.2) is 0 Å². The van der Waals surface area contributed by atoms with Gasteiger partial charge in [0.05, 0.1) is 24.5 Å². The largest absolute Gasteiger partial charge is 0.378 e. The van der Waals surface area contributed by atoms with E-state index in [-0.39, 0.29) is 0 Å². The van der Waals surface area contributed by atoms with Crippen LogP contribution in [0.2, 0.25) is 0 Å². The lowest BCUT2D eigenvalue weighted by Gasteiger charge is -2.36. The molecule has 0 spiro atoms. The Balaban J connectivity index is 1.29. The van der Waals surface area contributed by atoms with Crippen molar-refractivity contribution in [1.29, 1.82) is 0 Å². The van der Waals surface area contributed by atoms with Crippen LogP contribution in [0.1, 0.15) is 49.1 Å². The molecule has 0 unspecified atom stereocenters. The molecule has 2 aliphatic heterocycles. The van der Waals surface area contributed by atoms with Crippen molar-refractivity contribution in [2.45, 2.75) is 70.7 Å². The van der Waals surface area contributed by atoms with Crippen LogP contribution in [0.15, 0.2) is 4.52 Å². The van der Waals surface area contributed by atoms with Crippen LogP contribution in [0.25, 0.3) is 0 Å². The summed E-state index contributed by atoms with van der Waals surface area (Å²) in [7, 11) is 0. The minimum absolute atomic E-state index is 0.300. The minimum atomic E-state index is 0.300. The molecule has 4 rings (SSSR count). The topological polar surface area (TPSA) is 47.7 Å². The lowest BCUT2D eigenvalue weighted by atomic mass is 9.99. The van der Waals surface area contributed by atoms with Crippen molar-refractivity contribution in [3.05, 3.63) is 17.0 Å². The fourth-order valence-corrected chi connectivity index (χ4v) is 3.99. The van der Waals surface area contributed by atoms with Crippen molar-refractivity contribution in [2.75, 3.05) is 19.8 Å². The Labute approximate surface area is 138 Å². The highest BCUT2D eigenvalue weighted by molar-refractivity contribution is 5.21. The minimum Gasteiger partial charge on any atom is -0.378 e. The lowest BCUT2D eigenvalue weighted by Crippen LogP contribution is -2.43. The number of nitrogens with zero attached hydrogens (tertiary/aromatic N) is 2. The van der Waals surface area contributed by atoms with E-state index in [0.29, 0.717) is 18.2 Å². The number of aryl methyl sites for hydroxylation is 2. The van der Waals surface area contributed by atoms with Gasteiger partial charge in [-0.15, -0.1) is 0 Å². The van der Waals surface area contributed by atoms with E-state index in [9.17, 15) is 0 Å². The molecule has 0 radical (unpaired) electrons. The molecule has 3 heterocycles. The average Bonchev–Trinajstić information content (AvgIpc) is 3.21. The second-order valence-electron chi connectivity index (χ2n) is 7.48. The normalized spacial score (nSPS) is 31.5. The summed E-state index contributed by atoms with van der Waals surface area (Å²) < 4.78 is 17.4. The van der Waals surface area contributed by atoms with Crippen molar-refractivity contribution < 1.29 is 14.0 Å². The third-order valence-electron chi connectivity index (χ3n) is 5.65. The fraction of sp³-hybridized carbons (Fsp3) is 0.833. The molecule has 23 heavy (non-hydrogen) atoms. The third kappa shape index (κ3) is 3.47. The smallest absolute Gasteiger partial charge is 0.138 e. The summed E-state index contributed by atoms with van der Waals surface area (Å²) in [6, 6.07) is 0.545. The van der Waals surface area contributed by atoms with Gasteiger partial charge in [-0.2, -0.15) is 0 Å². The molecule has 3 aliphatic rings. The van der Waals surface area contributed by atoms with E-state index in [1.807, 2.05) is 13.8 Å². The van der Waals surface area contributed by atoms with Gasteiger partial charge in [0.2, 0.25) is 0 Å². The van der Waals surface area contributed by atoms with Gasteiger partial charge in [0, 0.05) is 31.3 Å². The van der Waals surface area contributed by atoms with Crippen molar-refractivity contribution in [3.8, 4) is 0 Å². The Morgan fingerprint density at radius 1 is 1.13 bits per heavy atom. The van der Waals surface area contributed by atoms with E-state index in [0.717, 1.165) is 56.5 Å². The maximum atomic E-state index is 6.32. The molecule has 0 aromatic carbocycles. The van der Waals surface area contributed by atoms with Gasteiger partial charge in [0.15, 0.2) is 0 Å². The van der Waals surface area contributed by atoms with Gasteiger partial charge in [-0.1, -0.05) is 5.16 Å². The molecule has 128 valence electrons. The molecule has 0 amide bonds. The third-order valence-corrected chi connectivity index (χ3v) is 5.65. The molecule has 1 saturated carbocycles. The molecular formula is C18H28N2O3. The summed E-state index contributed by atoms with van der Waals surface area (Å²) in [5.41, 5.74) is 2.27. The van der Waals surface area contributed by atoms with Crippen LogP contribution in [0.3, 0.4) is 0 Å². The first-order chi connectivity index (χ1) is 11.2. The molecule has 3 atom stereocenters. The van der Waals surface area contributed by atoms with Gasteiger partial charge in [-0.3, -0.25) is 4.90 Å². The van der Waals surface area contributed by atoms with E-state index in [4.69, 9.17) is 14.0 Å². The lowest BCUT2D eigenvalue weighted by molar-refractivity contribution is -0.101. The van der Waals surface area contributed by atoms with Gasteiger partial charge < -0.3 is 14.0 Å². The second-order valence-corrected chi connectivity index (χ2v) is 7.48. The van der Waals surface area contributed by atoms with Gasteiger partial charge in [0.25, 0.3) is 0 Å². The molecular weight excluding hydrogens is 292 g/mol. The Kier molecular flexibility index (Phi) is 4.43. The van der Waals surface area contributed by atoms with Crippen molar-refractivity contribution >= 4 is 0 Å². The van der Waals surface area contributed by atoms with E-state index < -0.39 is 0 Å². The van der Waals surface area contributed by atoms with Crippen LogP contribution < -0.4 is 0 Å². The van der Waals surface area contributed by atoms with Crippen LogP contribution in [0.4, 0.5) is 0 Å². The van der Waals surface area contributed by atoms with Crippen LogP contribution in [0, 0.1) is 19.8 Å². The molecule has 1 aliphatic carbocycles. The molecule has 0 N–H and O–H groups in total. The Morgan fingerprint density at radius 3 is 2.74 bits per heavy atom. The number of likely N-dealkylation sites (tertiary alicyclic amines) is 1. The van der Waals surface area contributed by atoms with E-state index in [1.54, 1.807) is 0 Å². The highest BCUT2D eigenvalue weighted by atomic mass is 16.5. The van der Waals surface area contributed by atoms with Gasteiger partial charge in [0.1, 0.15) is 5.76 Å². The van der Waals surface area contributed by atoms with Gasteiger partial charge >= 0.3 is 0 Å². The molecule has 5 nitrogen and oxygen atoms in total. The summed E-state index contributed by atoms with van der Waals surface area (Å²) in [5.74, 6) is 1.79. The highest BCUT2D eigenvalue weighted by Gasteiger charge is 2.40. The monoisotopic (exact) mass is 320 g/mol. The zero-order chi connectivity index (χ0) is 15.8. The molecule has 1 aromatic heterocycles. The first-order valence-corrected chi connectivity index (χ1v) is 9.09. The highest BCUT2D eigenvalue weighted by Crippen LogP contribution is 2.34. The van der Waals surface area contributed by atoms with Crippen LogP contribution in [-0.4, -0.2) is 48.1 Å². The summed E-state index contributed by atoms with van der Waals surface area (Å²) in [6.45, 7) is 7.80. The van der Waals surface area contributed by atoms with Crippen molar-refractivity contribution in [1.82, 2.24) is 10.1 Å². The van der Waals surface area contributed by atoms with Crippen molar-refractivity contribution in [2.24, 2.45) is 5.92 Å². The summed E-state index contributed by atoms with van der Waals surface area (Å²) >= 11 is 0. The summed E-state index contributed by atoms with van der Waals surface area (Å²) in [5, 5.41) is 4.08. The van der Waals surface area contributed by atoms with Gasteiger partial charge in [-0.05, 0) is 51.9 Å². The first-order valence-electron chi connectivity index (χ1n) is 9.09. The standard InChI is InChI=1S/C18H28N2O3/c1-12-16(13(2)23-19-12)9-20-8-7-18-17(20)6-5-15(22-18)11-21-10-14-3-4-14/h14-15,17-18H,3-11H2,1-2H3/t15-,17-,18-/m0/s1. The number of fused-ring (bicyclic) bond motifs is 1. The number of hydrogen-bond donors (Lipinski definition) is 0. The quantitative estimate of drug-likeness (QED) is 0.806. The first kappa shape index (κ1) is 15.6. The van der Waals surface area contributed by atoms with Crippen LogP contribution in [-0.2, 0) is 16.0 Å². The van der Waals surface area contributed by atoms with Crippen molar-refractivity contribution in [3.63, 3.8) is 0 Å². The Hall–Kier alpha value is -0.910. The molecule has 2 saturated heterocycles. The predicted molar refractivity (Wildman–Crippen MR) is 86.2 cm³/mol. The Morgan fingerprint density at radius 2 is 2.00 bits per heavy atom. The van der Waals surface area contributed by atoms with Crippen LogP contribution >= 0.6 is 0 Å². The number of hydrogen-bond acceptors (Lipinski definition) is 5. The van der Waals surface area contributed by atoms with E-state index in [1.165, 1.54) is 24.8 Å². The maximum absolute atomic E-state index is 6.32. The number of rotatable bonds is 6. The van der Waals surface area contributed by atoms with Crippen LogP contribution in [0.5, 0.6) is 0 Å². The number of aromatic nitrogens is 1. The molecule has 3 fully saturated rings. The maximum Gasteiger partial charge on any atom is 0.138 e.